The number of fused-ring (bicyclic) bond motifs is 1. The monoisotopic (exact) mass is 401 g/mol. The Kier molecular flexibility index (Phi) is 5.05. The summed E-state index contributed by atoms with van der Waals surface area (Å²) in [6.07, 6.45) is 8.30. The van der Waals surface area contributed by atoms with E-state index in [0.29, 0.717) is 37.0 Å². The molecule has 3 aromatic rings. The van der Waals surface area contributed by atoms with Crippen LogP contribution in [-0.2, 0) is 6.42 Å². The van der Waals surface area contributed by atoms with Gasteiger partial charge < -0.3 is 14.8 Å². The first-order valence-corrected chi connectivity index (χ1v) is 10.3. The number of hydrogen-bond donors (Lipinski definition) is 1. The number of rotatable bonds is 6. The van der Waals surface area contributed by atoms with Crippen molar-refractivity contribution in [3.8, 4) is 22.8 Å². The Bertz CT molecular complexity index is 1030. The second-order valence-electron chi connectivity index (χ2n) is 7.84. The van der Waals surface area contributed by atoms with Crippen LogP contribution in [0.4, 0.5) is 0 Å². The van der Waals surface area contributed by atoms with E-state index in [-0.39, 0.29) is 11.9 Å². The largest absolute Gasteiger partial charge is 0.491 e. The smallest absolute Gasteiger partial charge is 0.253 e. The molecule has 0 saturated heterocycles. The van der Waals surface area contributed by atoms with Gasteiger partial charge in [-0.05, 0) is 54.2 Å². The van der Waals surface area contributed by atoms with Gasteiger partial charge in [-0.1, -0.05) is 12.1 Å². The molecule has 1 N–H and O–H groups in total. The van der Waals surface area contributed by atoms with E-state index in [0.717, 1.165) is 22.4 Å². The van der Waals surface area contributed by atoms with Gasteiger partial charge in [0.05, 0.1) is 18.2 Å². The molecule has 0 radical (unpaired) electrons. The molecule has 0 unspecified atom stereocenters. The fourth-order valence-electron chi connectivity index (χ4n) is 3.66. The van der Waals surface area contributed by atoms with Gasteiger partial charge in [0.1, 0.15) is 12.4 Å². The summed E-state index contributed by atoms with van der Waals surface area (Å²) in [5.41, 5.74) is 3.81. The number of aromatic nitrogens is 2. The molecule has 2 aliphatic rings. The van der Waals surface area contributed by atoms with E-state index in [2.05, 4.69) is 21.4 Å². The fourth-order valence-corrected chi connectivity index (χ4v) is 3.66. The van der Waals surface area contributed by atoms with Crippen molar-refractivity contribution >= 4 is 5.91 Å². The highest BCUT2D eigenvalue weighted by atomic mass is 16.5. The Hall–Kier alpha value is -3.41. The summed E-state index contributed by atoms with van der Waals surface area (Å²) < 4.78 is 11.6. The van der Waals surface area contributed by atoms with Crippen molar-refractivity contribution in [1.82, 2.24) is 15.3 Å². The van der Waals surface area contributed by atoms with E-state index >= 15 is 0 Å². The summed E-state index contributed by atoms with van der Waals surface area (Å²) >= 11 is 0. The number of benzene rings is 1. The fraction of sp³-hybridized carbons (Fsp3) is 0.292. The van der Waals surface area contributed by atoms with Crippen molar-refractivity contribution in [2.75, 3.05) is 13.2 Å². The van der Waals surface area contributed by atoms with Crippen LogP contribution in [0.1, 0.15) is 28.8 Å². The zero-order valence-corrected chi connectivity index (χ0v) is 16.6. The quantitative estimate of drug-likeness (QED) is 0.682. The highest BCUT2D eigenvalue weighted by Gasteiger charge is 2.25. The second-order valence-corrected chi connectivity index (χ2v) is 7.84. The molecule has 1 amide bonds. The summed E-state index contributed by atoms with van der Waals surface area (Å²) in [4.78, 5) is 21.1. The Morgan fingerprint density at radius 1 is 1.13 bits per heavy atom. The third-order valence-corrected chi connectivity index (χ3v) is 5.51. The van der Waals surface area contributed by atoms with Crippen molar-refractivity contribution < 1.29 is 14.3 Å². The molecule has 1 atom stereocenters. The number of carbonyl (C=O) groups excluding carboxylic acids is 1. The van der Waals surface area contributed by atoms with Crippen LogP contribution in [0.25, 0.3) is 11.1 Å². The van der Waals surface area contributed by atoms with Crippen LogP contribution in [0, 0.1) is 5.92 Å². The molecule has 30 heavy (non-hydrogen) atoms. The van der Waals surface area contributed by atoms with Gasteiger partial charge >= 0.3 is 0 Å². The van der Waals surface area contributed by atoms with E-state index in [1.807, 2.05) is 24.3 Å². The van der Waals surface area contributed by atoms with Gasteiger partial charge in [0, 0.05) is 36.6 Å². The molecule has 1 aliphatic carbocycles. The number of ether oxygens (including phenoxy) is 2. The molecular weight excluding hydrogens is 378 g/mol. The first-order chi connectivity index (χ1) is 14.8. The molecule has 0 bridgehead atoms. The zero-order valence-electron chi connectivity index (χ0n) is 16.6. The topological polar surface area (TPSA) is 73.3 Å². The summed E-state index contributed by atoms with van der Waals surface area (Å²) in [5, 5.41) is 3.08. The number of pyridine rings is 2. The van der Waals surface area contributed by atoms with Crippen LogP contribution in [0.3, 0.4) is 0 Å². The van der Waals surface area contributed by atoms with Crippen LogP contribution >= 0.6 is 0 Å². The molecule has 1 fully saturated rings. The van der Waals surface area contributed by atoms with Gasteiger partial charge in [-0.3, -0.25) is 9.78 Å². The van der Waals surface area contributed by atoms with Crippen molar-refractivity contribution in [2.45, 2.75) is 25.3 Å². The first kappa shape index (κ1) is 18.6. The lowest BCUT2D eigenvalue weighted by Gasteiger charge is -2.28. The third-order valence-electron chi connectivity index (χ3n) is 5.51. The van der Waals surface area contributed by atoms with Gasteiger partial charge in [0.25, 0.3) is 5.91 Å². The van der Waals surface area contributed by atoms with Crippen molar-refractivity contribution in [2.24, 2.45) is 5.92 Å². The Balaban J connectivity index is 1.26. The van der Waals surface area contributed by atoms with Gasteiger partial charge in [0.15, 0.2) is 0 Å². The number of hydrogen-bond acceptors (Lipinski definition) is 5. The first-order valence-electron chi connectivity index (χ1n) is 10.3. The van der Waals surface area contributed by atoms with Crippen LogP contribution in [0.2, 0.25) is 0 Å². The maximum atomic E-state index is 12.7. The Morgan fingerprint density at radius 2 is 2.00 bits per heavy atom. The summed E-state index contributed by atoms with van der Waals surface area (Å²) in [6, 6.07) is 13.4. The molecule has 1 aromatic carbocycles. The van der Waals surface area contributed by atoms with E-state index in [1.165, 1.54) is 12.8 Å². The number of carbonyl (C=O) groups is 1. The lowest BCUT2D eigenvalue weighted by atomic mass is 9.93. The van der Waals surface area contributed by atoms with Crippen LogP contribution < -0.4 is 14.8 Å². The van der Waals surface area contributed by atoms with Crippen LogP contribution in [-0.4, -0.2) is 35.1 Å². The molecule has 3 heterocycles. The summed E-state index contributed by atoms with van der Waals surface area (Å²) in [7, 11) is 0. The standard InChI is InChI=1S/C24H23N3O3/c28-24(18-6-7-23(26-13-18)30-14-16-4-5-16)27-19-12-21-20(17-8-10-25-11-9-17)2-1-3-22(21)29-15-19/h1-3,6-11,13,16,19H,4-5,12,14-15H2,(H,27,28)/t19-/m0/s1. The molecule has 152 valence electrons. The average molecular weight is 401 g/mol. The Labute approximate surface area is 175 Å². The summed E-state index contributed by atoms with van der Waals surface area (Å²) in [5.74, 6) is 1.94. The highest BCUT2D eigenvalue weighted by Crippen LogP contribution is 2.34. The van der Waals surface area contributed by atoms with Gasteiger partial charge in [0.2, 0.25) is 5.88 Å². The van der Waals surface area contributed by atoms with E-state index < -0.39 is 0 Å². The molecule has 2 aromatic heterocycles. The predicted molar refractivity (Wildman–Crippen MR) is 113 cm³/mol. The maximum absolute atomic E-state index is 12.7. The molecule has 1 aliphatic heterocycles. The molecule has 6 nitrogen and oxygen atoms in total. The Morgan fingerprint density at radius 3 is 2.77 bits per heavy atom. The van der Waals surface area contributed by atoms with Gasteiger partial charge in [-0.25, -0.2) is 4.98 Å². The normalized spacial score (nSPS) is 17.5. The van der Waals surface area contributed by atoms with Gasteiger partial charge in [-0.2, -0.15) is 0 Å². The van der Waals surface area contributed by atoms with E-state index in [4.69, 9.17) is 9.47 Å². The zero-order chi connectivity index (χ0) is 20.3. The van der Waals surface area contributed by atoms with Crippen molar-refractivity contribution in [1.29, 1.82) is 0 Å². The predicted octanol–water partition coefficient (Wildman–Crippen LogP) is 3.67. The maximum Gasteiger partial charge on any atom is 0.253 e. The third kappa shape index (κ3) is 4.13. The second kappa shape index (κ2) is 8.14. The summed E-state index contributed by atoms with van der Waals surface area (Å²) in [6.45, 7) is 1.14. The van der Waals surface area contributed by atoms with E-state index in [1.54, 1.807) is 30.7 Å². The lowest BCUT2D eigenvalue weighted by molar-refractivity contribution is 0.0915. The van der Waals surface area contributed by atoms with Gasteiger partial charge in [-0.15, -0.1) is 0 Å². The SMILES string of the molecule is O=C(N[C@@H]1COc2cccc(-c3ccncc3)c2C1)c1ccc(OCC2CC2)nc1. The van der Waals surface area contributed by atoms with Crippen molar-refractivity contribution in [3.63, 3.8) is 0 Å². The number of amides is 1. The van der Waals surface area contributed by atoms with Crippen LogP contribution in [0.15, 0.2) is 61.1 Å². The molecule has 5 rings (SSSR count). The minimum absolute atomic E-state index is 0.112. The minimum Gasteiger partial charge on any atom is -0.491 e. The molecule has 6 heteroatoms. The van der Waals surface area contributed by atoms with Crippen LogP contribution in [0.5, 0.6) is 11.6 Å². The van der Waals surface area contributed by atoms with E-state index in [9.17, 15) is 4.79 Å². The molecule has 1 saturated carbocycles. The highest BCUT2D eigenvalue weighted by molar-refractivity contribution is 5.94. The number of nitrogens with one attached hydrogen (secondary N) is 1. The molecule has 0 spiro atoms. The average Bonchev–Trinajstić information content (AvgIpc) is 3.63. The minimum atomic E-state index is -0.158. The number of nitrogens with zero attached hydrogens (tertiary/aromatic N) is 2. The van der Waals surface area contributed by atoms with Crippen molar-refractivity contribution in [3.05, 3.63) is 72.2 Å². The lowest BCUT2D eigenvalue weighted by Crippen LogP contribution is -2.42. The molecular formula is C24H23N3O3.